The Morgan fingerprint density at radius 1 is 1.43 bits per heavy atom. The van der Waals surface area contributed by atoms with E-state index in [-0.39, 0.29) is 11.4 Å². The fourth-order valence-electron chi connectivity index (χ4n) is 2.63. The van der Waals surface area contributed by atoms with Crippen LogP contribution < -0.4 is 5.32 Å². The molecule has 0 radical (unpaired) electrons. The first-order chi connectivity index (χ1) is 9.99. The van der Waals surface area contributed by atoms with Crippen LogP contribution >= 0.6 is 11.8 Å². The number of H-pyrrole nitrogens is 1. The SMILES string of the molecule is Cc1n[nH]c(C)c1NC(=O)N1C(C(=O)O)CSC1C1CC1. The van der Waals surface area contributed by atoms with Gasteiger partial charge in [-0.25, -0.2) is 9.59 Å². The van der Waals surface area contributed by atoms with Crippen molar-refractivity contribution in [2.75, 3.05) is 11.1 Å². The number of aromatic nitrogens is 2. The summed E-state index contributed by atoms with van der Waals surface area (Å²) in [6.45, 7) is 3.62. The molecule has 0 aromatic carbocycles. The van der Waals surface area contributed by atoms with Gasteiger partial charge in [-0.2, -0.15) is 5.10 Å². The molecule has 2 heterocycles. The van der Waals surface area contributed by atoms with Crippen LogP contribution in [0.4, 0.5) is 10.5 Å². The van der Waals surface area contributed by atoms with E-state index in [2.05, 4.69) is 15.5 Å². The zero-order chi connectivity index (χ0) is 15.1. The third kappa shape index (κ3) is 2.59. The van der Waals surface area contributed by atoms with E-state index < -0.39 is 12.0 Å². The minimum absolute atomic E-state index is 0.0291. The molecule has 7 nitrogen and oxygen atoms in total. The molecule has 3 rings (SSSR count). The fraction of sp³-hybridized carbons (Fsp3) is 0.615. The first-order valence-electron chi connectivity index (χ1n) is 6.94. The summed E-state index contributed by atoms with van der Waals surface area (Å²) in [6.07, 6.45) is 2.13. The number of aliphatic carboxylic acids is 1. The summed E-state index contributed by atoms with van der Waals surface area (Å²) in [5.41, 5.74) is 2.10. The highest BCUT2D eigenvalue weighted by Crippen LogP contribution is 2.45. The van der Waals surface area contributed by atoms with Crippen molar-refractivity contribution in [3.05, 3.63) is 11.4 Å². The van der Waals surface area contributed by atoms with Crippen molar-refractivity contribution in [3.8, 4) is 0 Å². The van der Waals surface area contributed by atoms with E-state index in [1.165, 1.54) is 4.90 Å². The number of amides is 2. The lowest BCUT2D eigenvalue weighted by Gasteiger charge is -2.27. The fourth-order valence-corrected chi connectivity index (χ4v) is 4.26. The largest absolute Gasteiger partial charge is 0.480 e. The maximum Gasteiger partial charge on any atom is 0.327 e. The predicted octanol–water partition coefficient (Wildman–Crippen LogP) is 1.80. The molecule has 2 aliphatic rings. The number of carbonyl (C=O) groups is 2. The van der Waals surface area contributed by atoms with Crippen molar-refractivity contribution < 1.29 is 14.7 Å². The Balaban J connectivity index is 1.81. The van der Waals surface area contributed by atoms with E-state index in [1.54, 1.807) is 18.7 Å². The zero-order valence-corrected chi connectivity index (χ0v) is 12.7. The molecule has 21 heavy (non-hydrogen) atoms. The van der Waals surface area contributed by atoms with E-state index in [4.69, 9.17) is 0 Å². The Morgan fingerprint density at radius 2 is 2.14 bits per heavy atom. The number of thioether (sulfide) groups is 1. The maximum absolute atomic E-state index is 12.6. The molecule has 1 saturated heterocycles. The van der Waals surface area contributed by atoms with Crippen molar-refractivity contribution in [2.45, 2.75) is 38.1 Å². The van der Waals surface area contributed by atoms with Crippen molar-refractivity contribution >= 4 is 29.4 Å². The third-order valence-corrected chi connectivity index (χ3v) is 5.40. The number of aryl methyl sites for hydroxylation is 2. The van der Waals surface area contributed by atoms with Crippen LogP contribution in [0.25, 0.3) is 0 Å². The molecule has 1 saturated carbocycles. The van der Waals surface area contributed by atoms with Gasteiger partial charge in [-0.15, -0.1) is 11.8 Å². The monoisotopic (exact) mass is 310 g/mol. The highest BCUT2D eigenvalue weighted by molar-refractivity contribution is 8.00. The van der Waals surface area contributed by atoms with E-state index in [0.717, 1.165) is 18.5 Å². The molecule has 1 aliphatic heterocycles. The third-order valence-electron chi connectivity index (χ3n) is 3.94. The van der Waals surface area contributed by atoms with Crippen LogP contribution in [0.5, 0.6) is 0 Å². The van der Waals surface area contributed by atoms with E-state index in [0.29, 0.717) is 23.1 Å². The standard InChI is InChI=1S/C13H18N4O3S/c1-6-10(7(2)16-15-6)14-13(20)17-9(12(18)19)5-21-11(17)8-3-4-8/h8-9,11H,3-5H2,1-2H3,(H,14,20)(H,15,16)(H,18,19). The van der Waals surface area contributed by atoms with Gasteiger partial charge in [0.05, 0.1) is 22.4 Å². The second-order valence-corrected chi connectivity index (χ2v) is 6.71. The molecular formula is C13H18N4O3S. The maximum atomic E-state index is 12.6. The van der Waals surface area contributed by atoms with E-state index in [9.17, 15) is 14.7 Å². The van der Waals surface area contributed by atoms with Gasteiger partial charge in [0, 0.05) is 5.75 Å². The number of urea groups is 1. The van der Waals surface area contributed by atoms with E-state index in [1.807, 2.05) is 6.92 Å². The van der Waals surface area contributed by atoms with Gasteiger partial charge in [-0.3, -0.25) is 10.00 Å². The van der Waals surface area contributed by atoms with Crippen LogP contribution in [0.15, 0.2) is 0 Å². The van der Waals surface area contributed by atoms with E-state index >= 15 is 0 Å². The van der Waals surface area contributed by atoms with Gasteiger partial charge in [0.2, 0.25) is 0 Å². The molecule has 3 N–H and O–H groups in total. The van der Waals surface area contributed by atoms with Crippen LogP contribution in [-0.4, -0.2) is 49.4 Å². The second-order valence-electron chi connectivity index (χ2n) is 5.56. The van der Waals surface area contributed by atoms with Crippen LogP contribution in [0.2, 0.25) is 0 Å². The molecule has 0 spiro atoms. The summed E-state index contributed by atoms with van der Waals surface area (Å²) < 4.78 is 0. The highest BCUT2D eigenvalue weighted by atomic mass is 32.2. The lowest BCUT2D eigenvalue weighted by atomic mass is 10.2. The number of hydrogen-bond acceptors (Lipinski definition) is 4. The number of aromatic amines is 1. The molecule has 2 unspecified atom stereocenters. The smallest absolute Gasteiger partial charge is 0.327 e. The van der Waals surface area contributed by atoms with Gasteiger partial charge in [0.25, 0.3) is 0 Å². The number of carboxylic acid groups (broad SMARTS) is 1. The number of nitrogens with zero attached hydrogens (tertiary/aromatic N) is 2. The lowest BCUT2D eigenvalue weighted by Crippen LogP contribution is -2.48. The minimum atomic E-state index is -0.943. The Bertz CT molecular complexity index is 564. The van der Waals surface area contributed by atoms with Crippen molar-refractivity contribution in [1.29, 1.82) is 0 Å². The summed E-state index contributed by atoms with van der Waals surface area (Å²) in [6, 6.07) is -1.11. The topological polar surface area (TPSA) is 98.3 Å². The lowest BCUT2D eigenvalue weighted by molar-refractivity contribution is -0.141. The molecule has 1 aromatic heterocycles. The summed E-state index contributed by atoms with van der Waals surface area (Å²) in [5.74, 6) is -0.0640. The number of nitrogens with one attached hydrogen (secondary N) is 2. The van der Waals surface area contributed by atoms with Crippen LogP contribution in [0.3, 0.4) is 0 Å². The molecule has 1 aliphatic carbocycles. The molecule has 2 fully saturated rings. The number of anilines is 1. The Labute approximate surface area is 126 Å². The summed E-state index contributed by atoms with van der Waals surface area (Å²) in [5, 5.41) is 19.0. The molecule has 114 valence electrons. The van der Waals surface area contributed by atoms with Gasteiger partial charge >= 0.3 is 12.0 Å². The first-order valence-corrected chi connectivity index (χ1v) is 7.99. The molecule has 2 amide bonds. The molecule has 0 bridgehead atoms. The van der Waals surface area contributed by atoms with Crippen molar-refractivity contribution in [3.63, 3.8) is 0 Å². The van der Waals surface area contributed by atoms with Crippen molar-refractivity contribution in [2.24, 2.45) is 5.92 Å². The molecular weight excluding hydrogens is 292 g/mol. The van der Waals surface area contributed by atoms with Crippen LogP contribution in [-0.2, 0) is 4.79 Å². The normalized spacial score (nSPS) is 25.1. The Morgan fingerprint density at radius 3 is 2.67 bits per heavy atom. The molecule has 2 atom stereocenters. The Kier molecular flexibility index (Phi) is 3.56. The number of carbonyl (C=O) groups excluding carboxylic acids is 1. The predicted molar refractivity (Wildman–Crippen MR) is 79.3 cm³/mol. The van der Waals surface area contributed by atoms with Gasteiger partial charge in [0.15, 0.2) is 0 Å². The number of carboxylic acids is 1. The van der Waals surface area contributed by atoms with Gasteiger partial charge in [-0.05, 0) is 32.6 Å². The number of rotatable bonds is 3. The van der Waals surface area contributed by atoms with Gasteiger partial charge in [0.1, 0.15) is 6.04 Å². The molecule has 1 aromatic rings. The zero-order valence-electron chi connectivity index (χ0n) is 11.9. The molecule has 8 heteroatoms. The highest BCUT2D eigenvalue weighted by Gasteiger charge is 2.48. The first kappa shape index (κ1) is 14.2. The van der Waals surface area contributed by atoms with Gasteiger partial charge in [-0.1, -0.05) is 0 Å². The van der Waals surface area contributed by atoms with Crippen molar-refractivity contribution in [1.82, 2.24) is 15.1 Å². The Hall–Kier alpha value is -1.70. The van der Waals surface area contributed by atoms with Crippen LogP contribution in [0.1, 0.15) is 24.2 Å². The summed E-state index contributed by atoms with van der Waals surface area (Å²) in [4.78, 5) is 25.5. The average molecular weight is 310 g/mol. The van der Waals surface area contributed by atoms with Gasteiger partial charge < -0.3 is 10.4 Å². The average Bonchev–Trinajstić information content (AvgIpc) is 3.11. The summed E-state index contributed by atoms with van der Waals surface area (Å²) in [7, 11) is 0. The minimum Gasteiger partial charge on any atom is -0.480 e. The summed E-state index contributed by atoms with van der Waals surface area (Å²) >= 11 is 1.57. The second kappa shape index (κ2) is 5.25. The number of hydrogen-bond donors (Lipinski definition) is 3. The van der Waals surface area contributed by atoms with Crippen LogP contribution in [0, 0.1) is 19.8 Å². The quantitative estimate of drug-likeness (QED) is 0.790.